The molecule has 0 radical (unpaired) electrons. The van der Waals surface area contributed by atoms with Crippen molar-refractivity contribution in [1.82, 2.24) is 0 Å². The van der Waals surface area contributed by atoms with E-state index >= 15 is 8.78 Å². The molecule has 1 atom stereocenters. The highest BCUT2D eigenvalue weighted by molar-refractivity contribution is 7.07. The van der Waals surface area contributed by atoms with Gasteiger partial charge in [-0.3, -0.25) is 0 Å². The molecule has 242 valence electrons. The summed E-state index contributed by atoms with van der Waals surface area (Å²) < 4.78 is 231. The van der Waals surface area contributed by atoms with Gasteiger partial charge in [0.05, 0.1) is 16.7 Å². The molecule has 0 aliphatic heterocycles. The van der Waals surface area contributed by atoms with Gasteiger partial charge in [0.2, 0.25) is 6.35 Å². The van der Waals surface area contributed by atoms with Crippen LogP contribution in [0.5, 0.6) is 0 Å². The first kappa shape index (κ1) is 35.0. The number of benzene rings is 3. The Balaban J connectivity index is 2.79. The van der Waals surface area contributed by atoms with Gasteiger partial charge in [-0.2, -0.15) is 63.6 Å². The summed E-state index contributed by atoms with van der Waals surface area (Å²) in [6.07, 6.45) is -29.4. The third kappa shape index (κ3) is 6.49. The first-order valence-corrected chi connectivity index (χ1v) is 12.0. The van der Waals surface area contributed by atoms with Crippen LogP contribution < -0.4 is 16.4 Å². The summed E-state index contributed by atoms with van der Waals surface area (Å²) in [5.74, 6) is -12.3. The monoisotopic (exact) mass is 659 g/mol. The molecule has 0 spiro atoms. The first-order chi connectivity index (χ1) is 19.7. The van der Waals surface area contributed by atoms with Crippen molar-refractivity contribution in [3.63, 3.8) is 0 Å². The highest BCUT2D eigenvalue weighted by Gasteiger charge is 2.48. The Morgan fingerprint density at radius 2 is 0.886 bits per heavy atom. The van der Waals surface area contributed by atoms with Gasteiger partial charge in [0.1, 0.15) is 17.2 Å². The van der Waals surface area contributed by atoms with Crippen LogP contribution in [0.2, 0.25) is 0 Å². The standard InChI is InChI=1S/C26H16BF16O/c1-10(2)44-27(15-5-11(3)4-12(7-15)23(32,33)34,16-8-13(24(35,36)37)6-14(9-16)25(38,39)40)18-21(30)19(28)17(26(41,42)43)20(29)22(18)31/h4-10H,1-3H3/q-1. The Bertz CT molecular complexity index is 1510. The van der Waals surface area contributed by atoms with Crippen molar-refractivity contribution in [2.75, 3.05) is 0 Å². The van der Waals surface area contributed by atoms with E-state index in [1.54, 1.807) is 0 Å². The minimum Gasteiger partial charge on any atom is -0.577 e. The predicted molar refractivity (Wildman–Crippen MR) is 125 cm³/mol. The van der Waals surface area contributed by atoms with Crippen LogP contribution in [0.3, 0.4) is 0 Å². The number of hydrogen-bond donors (Lipinski definition) is 0. The van der Waals surface area contributed by atoms with Crippen molar-refractivity contribution in [3.8, 4) is 0 Å². The summed E-state index contributed by atoms with van der Waals surface area (Å²) in [5.41, 5.74) is -15.0. The fourth-order valence-electron chi connectivity index (χ4n) is 4.84. The predicted octanol–water partition coefficient (Wildman–Crippen LogP) is 8.02. The Hall–Kier alpha value is -3.44. The smallest absolute Gasteiger partial charge is 0.422 e. The van der Waals surface area contributed by atoms with Crippen molar-refractivity contribution in [2.45, 2.75) is 51.6 Å². The van der Waals surface area contributed by atoms with Gasteiger partial charge in [-0.15, -0.1) is 0 Å². The summed E-state index contributed by atoms with van der Waals surface area (Å²) in [5, 5.41) is 0. The largest absolute Gasteiger partial charge is 0.577 e. The third-order valence-corrected chi connectivity index (χ3v) is 6.44. The fraction of sp³-hybridized carbons (Fsp3) is 0.308. The molecular weight excluding hydrogens is 643 g/mol. The number of halogens is 16. The van der Waals surface area contributed by atoms with Crippen molar-refractivity contribution in [2.24, 2.45) is 0 Å². The van der Waals surface area contributed by atoms with Crippen LogP contribution >= 0.6 is 0 Å². The van der Waals surface area contributed by atoms with Gasteiger partial charge in [-0.25, -0.2) is 17.6 Å². The van der Waals surface area contributed by atoms with Gasteiger partial charge in [0.15, 0.2) is 11.6 Å². The van der Waals surface area contributed by atoms with Crippen molar-refractivity contribution in [3.05, 3.63) is 87.5 Å². The lowest BCUT2D eigenvalue weighted by atomic mass is 9.27. The second-order valence-electron chi connectivity index (χ2n) is 9.98. The molecule has 1 nitrogen and oxygen atoms in total. The Kier molecular flexibility index (Phi) is 8.90. The van der Waals surface area contributed by atoms with E-state index in [0.29, 0.717) is 12.1 Å². The van der Waals surface area contributed by atoms with E-state index in [4.69, 9.17) is 4.65 Å². The maximum Gasteiger partial charge on any atom is 0.422 e. The van der Waals surface area contributed by atoms with Gasteiger partial charge in [0.25, 0.3) is 0 Å². The molecule has 3 aromatic carbocycles. The van der Waals surface area contributed by atoms with Crippen LogP contribution in [0.4, 0.5) is 70.2 Å². The Morgan fingerprint density at radius 1 is 0.523 bits per heavy atom. The molecular formula is C26H16BF16O-. The molecule has 0 aliphatic rings. The average Bonchev–Trinajstić information content (AvgIpc) is 2.83. The van der Waals surface area contributed by atoms with Crippen LogP contribution in [0.1, 0.15) is 41.7 Å². The van der Waals surface area contributed by atoms with E-state index in [9.17, 15) is 61.5 Å². The van der Waals surface area contributed by atoms with Gasteiger partial charge < -0.3 is 4.65 Å². The molecule has 0 saturated heterocycles. The molecule has 0 aliphatic carbocycles. The minimum atomic E-state index is -6.13. The summed E-state index contributed by atoms with van der Waals surface area (Å²) in [6, 6.07) is 0.0112. The van der Waals surface area contributed by atoms with Gasteiger partial charge in [0, 0.05) is 6.10 Å². The highest BCUT2D eigenvalue weighted by Crippen LogP contribution is 2.38. The number of aryl methyl sites for hydroxylation is 1. The third-order valence-electron chi connectivity index (χ3n) is 6.44. The van der Waals surface area contributed by atoms with E-state index in [1.807, 2.05) is 0 Å². The summed E-state index contributed by atoms with van der Waals surface area (Å²) >= 11 is 0. The van der Waals surface area contributed by atoms with E-state index in [2.05, 4.69) is 0 Å². The van der Waals surface area contributed by atoms with Crippen LogP contribution in [-0.2, 0) is 29.4 Å². The molecule has 3 aromatic rings. The second kappa shape index (κ2) is 11.2. The van der Waals surface area contributed by atoms with E-state index in [0.717, 1.165) is 20.8 Å². The molecule has 0 bridgehead atoms. The Labute approximate surface area is 237 Å². The lowest BCUT2D eigenvalue weighted by molar-refractivity contribution is -0.144. The number of alkyl halides is 12. The van der Waals surface area contributed by atoms with Gasteiger partial charge in [-0.1, -0.05) is 35.3 Å². The number of hydrogen-bond acceptors (Lipinski definition) is 1. The molecule has 0 saturated carbocycles. The molecule has 44 heavy (non-hydrogen) atoms. The van der Waals surface area contributed by atoms with Crippen LogP contribution in [0.25, 0.3) is 0 Å². The summed E-state index contributed by atoms with van der Waals surface area (Å²) in [4.78, 5) is 0. The van der Waals surface area contributed by atoms with Gasteiger partial charge >= 0.3 is 24.7 Å². The summed E-state index contributed by atoms with van der Waals surface area (Å²) in [7, 11) is 0. The van der Waals surface area contributed by atoms with Crippen molar-refractivity contribution >= 4 is 22.7 Å². The molecule has 3 rings (SSSR count). The molecule has 0 heterocycles. The lowest BCUT2D eigenvalue weighted by Crippen LogP contribution is -2.72. The van der Waals surface area contributed by atoms with E-state index in [-0.39, 0.29) is 18.2 Å². The maximum absolute atomic E-state index is 15.6. The van der Waals surface area contributed by atoms with Crippen molar-refractivity contribution < 1.29 is 74.9 Å². The molecule has 18 heteroatoms. The molecule has 0 aromatic heterocycles. The molecule has 0 fully saturated rings. The minimum absolute atomic E-state index is 0.0186. The van der Waals surface area contributed by atoms with Crippen molar-refractivity contribution in [1.29, 1.82) is 0 Å². The van der Waals surface area contributed by atoms with E-state index in [1.165, 1.54) is 0 Å². The first-order valence-electron chi connectivity index (χ1n) is 12.0. The van der Waals surface area contributed by atoms with Crippen LogP contribution in [0.15, 0.2) is 36.4 Å². The quantitative estimate of drug-likeness (QED) is 0.153. The van der Waals surface area contributed by atoms with Gasteiger partial charge in [-0.05, 0) is 32.9 Å². The summed E-state index contributed by atoms with van der Waals surface area (Å²) in [6.45, 7) is 2.77. The van der Waals surface area contributed by atoms with E-state index < -0.39 is 111 Å². The molecule has 0 amide bonds. The Morgan fingerprint density at radius 3 is 1.23 bits per heavy atom. The zero-order valence-corrected chi connectivity index (χ0v) is 22.1. The second-order valence-corrected chi connectivity index (χ2v) is 9.98. The van der Waals surface area contributed by atoms with Crippen LogP contribution in [0, 0.1) is 30.2 Å². The molecule has 1 unspecified atom stereocenters. The normalized spacial score (nSPS) is 14.7. The lowest BCUT2D eigenvalue weighted by Gasteiger charge is -2.46. The zero-order chi connectivity index (χ0) is 34.0. The topological polar surface area (TPSA) is 9.23 Å². The van der Waals surface area contributed by atoms with Crippen LogP contribution in [-0.4, -0.2) is 12.5 Å². The zero-order valence-electron chi connectivity index (χ0n) is 22.1. The average molecular weight is 659 g/mol. The fourth-order valence-corrected chi connectivity index (χ4v) is 4.84. The highest BCUT2D eigenvalue weighted by atomic mass is 19.4. The molecule has 0 N–H and O–H groups in total. The maximum atomic E-state index is 15.6. The SMILES string of the molecule is Cc1cc([B-](OC(C)C)(c2cc(C(F)(F)F)cc(C(F)(F)F)c2)c2c(F)c(F)c(C(F)(F)F)c(F)c2F)cc(C(F)(F)F)c1. The number of rotatable bonds is 5.